The molecule has 3 rings (SSSR count). The lowest BCUT2D eigenvalue weighted by atomic mass is 9.60. The van der Waals surface area contributed by atoms with Gasteiger partial charge in [-0.1, -0.05) is 12.8 Å². The first kappa shape index (κ1) is 12.3. The zero-order valence-electron chi connectivity index (χ0n) is 11.6. The summed E-state index contributed by atoms with van der Waals surface area (Å²) in [6.07, 6.45) is 7.02. The molecule has 0 aromatic rings. The van der Waals surface area contributed by atoms with Gasteiger partial charge in [0.2, 0.25) is 0 Å². The van der Waals surface area contributed by atoms with Crippen LogP contribution < -0.4 is 5.32 Å². The number of nitrogens with one attached hydrogen (secondary N) is 1. The van der Waals surface area contributed by atoms with Crippen molar-refractivity contribution < 1.29 is 4.74 Å². The maximum absolute atomic E-state index is 5.94. The van der Waals surface area contributed by atoms with Crippen LogP contribution in [0, 0.1) is 5.41 Å². The van der Waals surface area contributed by atoms with Gasteiger partial charge in [-0.25, -0.2) is 0 Å². The van der Waals surface area contributed by atoms with E-state index in [1.54, 1.807) is 0 Å². The van der Waals surface area contributed by atoms with Crippen LogP contribution in [0.3, 0.4) is 0 Å². The quantitative estimate of drug-likeness (QED) is 0.828. The Balaban J connectivity index is 1.66. The molecule has 0 aromatic heterocycles. The second-order valence-electron chi connectivity index (χ2n) is 5.94. The fourth-order valence-electron chi connectivity index (χ4n) is 3.93. The van der Waals surface area contributed by atoms with Crippen LogP contribution in [-0.4, -0.2) is 49.7 Å². The topological polar surface area (TPSA) is 36.9 Å². The minimum atomic E-state index is 0.405. The second kappa shape index (κ2) is 4.72. The molecule has 2 saturated carbocycles. The molecule has 0 aromatic carbocycles. The predicted molar refractivity (Wildman–Crippen MR) is 72.8 cm³/mol. The Morgan fingerprint density at radius 3 is 2.83 bits per heavy atom. The molecule has 1 spiro atoms. The summed E-state index contributed by atoms with van der Waals surface area (Å²) < 4.78 is 5.94. The van der Waals surface area contributed by atoms with Gasteiger partial charge in [-0.2, -0.15) is 0 Å². The van der Waals surface area contributed by atoms with Crippen LogP contribution in [0.25, 0.3) is 0 Å². The molecular formula is C14H25N3O. The molecule has 1 aliphatic heterocycles. The molecule has 0 amide bonds. The lowest BCUT2D eigenvalue weighted by Gasteiger charge is -2.54. The van der Waals surface area contributed by atoms with Gasteiger partial charge < -0.3 is 15.0 Å². The standard InChI is InChI=1S/C14H25N3O/c1-3-18-12-10-11(14(12)6-4-5-7-14)16-13-15-8-9-17(13)2/h11-12H,3-10H2,1-2H3,(H,15,16). The van der Waals surface area contributed by atoms with E-state index in [0.717, 1.165) is 32.1 Å². The number of hydrogen-bond donors (Lipinski definition) is 1. The van der Waals surface area contributed by atoms with E-state index in [0.29, 0.717) is 17.6 Å². The van der Waals surface area contributed by atoms with Gasteiger partial charge in [0.05, 0.1) is 12.6 Å². The molecule has 0 radical (unpaired) electrons. The Kier molecular flexibility index (Phi) is 3.22. The van der Waals surface area contributed by atoms with Crippen molar-refractivity contribution in [2.75, 3.05) is 26.7 Å². The average molecular weight is 251 g/mol. The predicted octanol–water partition coefficient (Wildman–Crippen LogP) is 1.62. The molecule has 2 atom stereocenters. The molecule has 1 N–H and O–H groups in total. The van der Waals surface area contributed by atoms with Crippen molar-refractivity contribution in [1.29, 1.82) is 0 Å². The van der Waals surface area contributed by atoms with Crippen molar-refractivity contribution in [3.63, 3.8) is 0 Å². The van der Waals surface area contributed by atoms with Gasteiger partial charge in [0.25, 0.3) is 0 Å². The largest absolute Gasteiger partial charge is 0.378 e. The molecule has 4 nitrogen and oxygen atoms in total. The fourth-order valence-corrected chi connectivity index (χ4v) is 3.93. The molecule has 2 unspecified atom stereocenters. The number of aliphatic imine (C=N–C) groups is 1. The Morgan fingerprint density at radius 2 is 2.22 bits per heavy atom. The third-order valence-electron chi connectivity index (χ3n) is 5.05. The van der Waals surface area contributed by atoms with E-state index in [1.807, 2.05) is 0 Å². The molecule has 102 valence electrons. The molecule has 2 fully saturated rings. The third-order valence-corrected chi connectivity index (χ3v) is 5.05. The highest BCUT2D eigenvalue weighted by atomic mass is 16.5. The summed E-state index contributed by atoms with van der Waals surface area (Å²) in [5.41, 5.74) is 0.405. The van der Waals surface area contributed by atoms with Crippen LogP contribution in [-0.2, 0) is 4.74 Å². The first-order chi connectivity index (χ1) is 8.76. The average Bonchev–Trinajstić information content (AvgIpc) is 2.99. The van der Waals surface area contributed by atoms with Crippen LogP contribution in [0.4, 0.5) is 0 Å². The van der Waals surface area contributed by atoms with Crippen LogP contribution in [0.5, 0.6) is 0 Å². The van der Waals surface area contributed by atoms with Crippen molar-refractivity contribution in [3.8, 4) is 0 Å². The van der Waals surface area contributed by atoms with Crippen molar-refractivity contribution in [1.82, 2.24) is 10.2 Å². The molecule has 0 bridgehead atoms. The third kappa shape index (κ3) is 1.81. The van der Waals surface area contributed by atoms with E-state index < -0.39 is 0 Å². The maximum Gasteiger partial charge on any atom is 0.194 e. The summed E-state index contributed by atoms with van der Waals surface area (Å²) in [4.78, 5) is 6.79. The zero-order chi connectivity index (χ0) is 12.6. The zero-order valence-corrected chi connectivity index (χ0v) is 11.6. The Labute approximate surface area is 110 Å². The highest BCUT2D eigenvalue weighted by Crippen LogP contribution is 2.54. The van der Waals surface area contributed by atoms with Crippen molar-refractivity contribution >= 4 is 5.96 Å². The number of guanidine groups is 1. The Bertz CT molecular complexity index is 336. The number of ether oxygens (including phenoxy) is 1. The molecule has 18 heavy (non-hydrogen) atoms. The molecule has 0 saturated heterocycles. The molecular weight excluding hydrogens is 226 g/mol. The van der Waals surface area contributed by atoms with Crippen LogP contribution in [0.2, 0.25) is 0 Å². The molecule has 1 heterocycles. The first-order valence-corrected chi connectivity index (χ1v) is 7.40. The van der Waals surface area contributed by atoms with Crippen LogP contribution in [0.15, 0.2) is 4.99 Å². The smallest absolute Gasteiger partial charge is 0.194 e. The summed E-state index contributed by atoms with van der Waals surface area (Å²) in [5.74, 6) is 1.10. The summed E-state index contributed by atoms with van der Waals surface area (Å²) >= 11 is 0. The van der Waals surface area contributed by atoms with E-state index in [-0.39, 0.29) is 0 Å². The SMILES string of the molecule is CCOC1CC(NC2=NCCN2C)C12CCCC2. The van der Waals surface area contributed by atoms with Gasteiger partial charge in [-0.15, -0.1) is 0 Å². The van der Waals surface area contributed by atoms with Gasteiger partial charge in [0, 0.05) is 31.7 Å². The lowest BCUT2D eigenvalue weighted by Crippen LogP contribution is -2.64. The van der Waals surface area contributed by atoms with Gasteiger partial charge >= 0.3 is 0 Å². The summed E-state index contributed by atoms with van der Waals surface area (Å²) in [7, 11) is 2.12. The highest BCUT2D eigenvalue weighted by Gasteiger charge is 2.57. The van der Waals surface area contributed by atoms with E-state index in [4.69, 9.17) is 4.74 Å². The lowest BCUT2D eigenvalue weighted by molar-refractivity contribution is -0.126. The molecule has 2 aliphatic carbocycles. The van der Waals surface area contributed by atoms with Crippen LogP contribution >= 0.6 is 0 Å². The van der Waals surface area contributed by atoms with Gasteiger partial charge in [0.15, 0.2) is 5.96 Å². The Morgan fingerprint density at radius 1 is 1.44 bits per heavy atom. The normalized spacial score (nSPS) is 33.7. The van der Waals surface area contributed by atoms with E-state index in [9.17, 15) is 0 Å². The number of hydrogen-bond acceptors (Lipinski definition) is 4. The fraction of sp³-hybridized carbons (Fsp3) is 0.929. The van der Waals surface area contributed by atoms with Gasteiger partial charge in [-0.05, 0) is 26.2 Å². The second-order valence-corrected chi connectivity index (χ2v) is 5.94. The monoisotopic (exact) mass is 251 g/mol. The van der Waals surface area contributed by atoms with Gasteiger partial charge in [0.1, 0.15) is 0 Å². The van der Waals surface area contributed by atoms with Crippen molar-refractivity contribution in [2.45, 2.75) is 51.2 Å². The summed E-state index contributed by atoms with van der Waals surface area (Å²) in [5, 5.41) is 3.68. The van der Waals surface area contributed by atoms with E-state index in [1.165, 1.54) is 25.7 Å². The number of nitrogens with zero attached hydrogens (tertiary/aromatic N) is 2. The molecule has 3 aliphatic rings. The maximum atomic E-state index is 5.94. The Hall–Kier alpha value is -0.770. The summed E-state index contributed by atoms with van der Waals surface area (Å²) in [6.45, 7) is 4.95. The van der Waals surface area contributed by atoms with E-state index >= 15 is 0 Å². The van der Waals surface area contributed by atoms with Gasteiger partial charge in [-0.3, -0.25) is 4.99 Å². The van der Waals surface area contributed by atoms with Crippen molar-refractivity contribution in [2.24, 2.45) is 10.4 Å². The highest BCUT2D eigenvalue weighted by molar-refractivity contribution is 5.81. The summed E-state index contributed by atoms with van der Waals surface area (Å²) in [6, 6.07) is 0.579. The van der Waals surface area contributed by atoms with Crippen LogP contribution in [0.1, 0.15) is 39.0 Å². The van der Waals surface area contributed by atoms with Crippen molar-refractivity contribution in [3.05, 3.63) is 0 Å². The van der Waals surface area contributed by atoms with E-state index in [2.05, 4.69) is 29.2 Å². The number of likely N-dealkylation sites (N-methyl/N-ethyl adjacent to an activating group) is 1. The minimum absolute atomic E-state index is 0.405. The number of rotatable bonds is 3. The first-order valence-electron chi connectivity index (χ1n) is 7.40. The minimum Gasteiger partial charge on any atom is -0.378 e. The molecule has 4 heteroatoms.